The number of nitrogens with zero attached hydrogens (tertiary/aromatic N) is 2. The van der Waals surface area contributed by atoms with E-state index in [0.717, 1.165) is 0 Å². The molecule has 7 heteroatoms. The fourth-order valence-electron chi connectivity index (χ4n) is 1.38. The van der Waals surface area contributed by atoms with Gasteiger partial charge in [0.15, 0.2) is 0 Å². The minimum absolute atomic E-state index is 0.00507. The van der Waals surface area contributed by atoms with Crippen molar-refractivity contribution in [2.45, 2.75) is 25.8 Å². The zero-order valence-corrected chi connectivity index (χ0v) is 10.1. The SMILES string of the molecule is CC(CCCO)Nc1ncc(Cl)cc1[N+](=O)[O-]. The van der Waals surface area contributed by atoms with Gasteiger partial charge in [0.05, 0.1) is 9.95 Å². The fraction of sp³-hybridized carbons (Fsp3) is 0.500. The number of aliphatic hydroxyl groups is 1. The average Bonchev–Trinajstić information content (AvgIpc) is 2.28. The Morgan fingerprint density at radius 3 is 3.00 bits per heavy atom. The van der Waals surface area contributed by atoms with E-state index in [9.17, 15) is 10.1 Å². The van der Waals surface area contributed by atoms with Crippen molar-refractivity contribution in [2.24, 2.45) is 0 Å². The third-order valence-electron chi connectivity index (χ3n) is 2.21. The van der Waals surface area contributed by atoms with Crippen LogP contribution in [-0.2, 0) is 0 Å². The van der Waals surface area contributed by atoms with Gasteiger partial charge < -0.3 is 10.4 Å². The lowest BCUT2D eigenvalue weighted by Gasteiger charge is -2.13. The van der Waals surface area contributed by atoms with Crippen LogP contribution in [0, 0.1) is 10.1 Å². The highest BCUT2D eigenvalue weighted by Gasteiger charge is 2.17. The second-order valence-corrected chi connectivity index (χ2v) is 4.13. The first kappa shape index (κ1) is 13.7. The Kier molecular flexibility index (Phi) is 5.11. The maximum atomic E-state index is 10.8. The molecule has 1 aromatic rings. The quantitative estimate of drug-likeness (QED) is 0.604. The molecule has 0 aliphatic heterocycles. The zero-order chi connectivity index (χ0) is 12.8. The second-order valence-electron chi connectivity index (χ2n) is 3.69. The summed E-state index contributed by atoms with van der Waals surface area (Å²) in [6, 6.07) is 1.25. The first-order chi connectivity index (χ1) is 8.04. The highest BCUT2D eigenvalue weighted by Crippen LogP contribution is 2.25. The summed E-state index contributed by atoms with van der Waals surface area (Å²) in [6.07, 6.45) is 2.70. The predicted molar refractivity (Wildman–Crippen MR) is 65.3 cm³/mol. The largest absolute Gasteiger partial charge is 0.396 e. The minimum atomic E-state index is -0.528. The average molecular weight is 260 g/mol. The van der Waals surface area contributed by atoms with Crippen LogP contribution in [0.5, 0.6) is 0 Å². The third kappa shape index (κ3) is 4.16. The van der Waals surface area contributed by atoms with E-state index in [1.165, 1.54) is 12.3 Å². The van der Waals surface area contributed by atoms with Crippen molar-refractivity contribution in [3.8, 4) is 0 Å². The van der Waals surface area contributed by atoms with Gasteiger partial charge >= 0.3 is 5.69 Å². The monoisotopic (exact) mass is 259 g/mol. The summed E-state index contributed by atoms with van der Waals surface area (Å²) in [5.74, 6) is 0.199. The van der Waals surface area contributed by atoms with Crippen molar-refractivity contribution in [1.29, 1.82) is 0 Å². The Morgan fingerprint density at radius 1 is 1.71 bits per heavy atom. The molecule has 0 aliphatic rings. The molecule has 0 radical (unpaired) electrons. The van der Waals surface area contributed by atoms with Crippen LogP contribution in [0.4, 0.5) is 11.5 Å². The van der Waals surface area contributed by atoms with Gasteiger partial charge in [-0.15, -0.1) is 0 Å². The minimum Gasteiger partial charge on any atom is -0.396 e. The van der Waals surface area contributed by atoms with Crippen LogP contribution in [0.15, 0.2) is 12.3 Å². The van der Waals surface area contributed by atoms with Gasteiger partial charge in [0, 0.05) is 24.9 Å². The zero-order valence-electron chi connectivity index (χ0n) is 9.39. The molecule has 1 heterocycles. The van der Waals surface area contributed by atoms with E-state index in [-0.39, 0.29) is 29.2 Å². The third-order valence-corrected chi connectivity index (χ3v) is 2.42. The molecule has 1 unspecified atom stereocenters. The normalized spacial score (nSPS) is 12.2. The molecule has 1 aromatic heterocycles. The molecule has 0 amide bonds. The fourth-order valence-corrected chi connectivity index (χ4v) is 1.53. The summed E-state index contributed by atoms with van der Waals surface area (Å²) in [6.45, 7) is 1.97. The van der Waals surface area contributed by atoms with Gasteiger partial charge in [0.2, 0.25) is 5.82 Å². The van der Waals surface area contributed by atoms with E-state index in [2.05, 4.69) is 10.3 Å². The Balaban J connectivity index is 2.79. The van der Waals surface area contributed by atoms with Crippen LogP contribution in [0.25, 0.3) is 0 Å². The van der Waals surface area contributed by atoms with E-state index >= 15 is 0 Å². The number of pyridine rings is 1. The van der Waals surface area contributed by atoms with Crippen molar-refractivity contribution >= 4 is 23.1 Å². The van der Waals surface area contributed by atoms with Gasteiger partial charge in [0.25, 0.3) is 0 Å². The topological polar surface area (TPSA) is 88.3 Å². The van der Waals surface area contributed by atoms with Crippen LogP contribution in [0.1, 0.15) is 19.8 Å². The lowest BCUT2D eigenvalue weighted by atomic mass is 10.2. The van der Waals surface area contributed by atoms with E-state index in [1.807, 2.05) is 6.92 Å². The van der Waals surface area contributed by atoms with Crippen molar-refractivity contribution in [2.75, 3.05) is 11.9 Å². The molecule has 0 saturated carbocycles. The van der Waals surface area contributed by atoms with Crippen molar-refractivity contribution in [3.05, 3.63) is 27.4 Å². The van der Waals surface area contributed by atoms with Crippen molar-refractivity contribution in [3.63, 3.8) is 0 Å². The molecule has 6 nitrogen and oxygen atoms in total. The number of hydrogen-bond acceptors (Lipinski definition) is 5. The lowest BCUT2D eigenvalue weighted by molar-refractivity contribution is -0.384. The first-order valence-corrected chi connectivity index (χ1v) is 5.59. The van der Waals surface area contributed by atoms with Crippen LogP contribution in [0.3, 0.4) is 0 Å². The lowest BCUT2D eigenvalue weighted by Crippen LogP contribution is -2.17. The number of rotatable bonds is 6. The number of halogens is 1. The van der Waals surface area contributed by atoms with Crippen LogP contribution in [-0.4, -0.2) is 27.7 Å². The summed E-state index contributed by atoms with van der Waals surface area (Å²) >= 11 is 5.65. The summed E-state index contributed by atoms with van der Waals surface area (Å²) < 4.78 is 0. The summed E-state index contributed by atoms with van der Waals surface area (Å²) in [5, 5.41) is 22.6. The summed E-state index contributed by atoms with van der Waals surface area (Å²) in [5.41, 5.74) is -0.145. The molecular weight excluding hydrogens is 246 g/mol. The number of anilines is 1. The van der Waals surface area contributed by atoms with Gasteiger partial charge in [-0.1, -0.05) is 11.6 Å². The Hall–Kier alpha value is -1.40. The molecule has 0 aliphatic carbocycles. The number of nitrogens with one attached hydrogen (secondary N) is 1. The molecule has 0 spiro atoms. The number of aliphatic hydroxyl groups excluding tert-OH is 1. The van der Waals surface area contributed by atoms with Crippen LogP contribution < -0.4 is 5.32 Å². The van der Waals surface area contributed by atoms with Crippen LogP contribution in [0.2, 0.25) is 5.02 Å². The Bertz CT molecular complexity index is 400. The van der Waals surface area contributed by atoms with E-state index < -0.39 is 4.92 Å². The molecule has 1 rings (SSSR count). The standard InChI is InChI=1S/C10H14ClN3O3/c1-7(3-2-4-15)13-10-9(14(16)17)5-8(11)6-12-10/h5-7,15H,2-4H2,1H3,(H,12,13). The van der Waals surface area contributed by atoms with E-state index in [0.29, 0.717) is 12.8 Å². The van der Waals surface area contributed by atoms with Gasteiger partial charge in [0.1, 0.15) is 0 Å². The van der Waals surface area contributed by atoms with Gasteiger partial charge in [-0.3, -0.25) is 10.1 Å². The Morgan fingerprint density at radius 2 is 2.41 bits per heavy atom. The van der Waals surface area contributed by atoms with E-state index in [1.54, 1.807) is 0 Å². The highest BCUT2D eigenvalue weighted by molar-refractivity contribution is 6.30. The van der Waals surface area contributed by atoms with Crippen molar-refractivity contribution in [1.82, 2.24) is 4.98 Å². The Labute approximate surface area is 104 Å². The number of hydrogen-bond donors (Lipinski definition) is 2. The number of aromatic nitrogens is 1. The molecule has 0 saturated heterocycles. The maximum Gasteiger partial charge on any atom is 0.312 e. The van der Waals surface area contributed by atoms with Crippen LogP contribution >= 0.6 is 11.6 Å². The summed E-state index contributed by atoms with van der Waals surface area (Å²) in [7, 11) is 0. The molecule has 0 aromatic carbocycles. The number of nitro groups is 1. The molecule has 2 N–H and O–H groups in total. The second kappa shape index (κ2) is 6.36. The molecule has 1 atom stereocenters. The molecular formula is C10H14ClN3O3. The van der Waals surface area contributed by atoms with Gasteiger partial charge in [-0.05, 0) is 19.8 Å². The molecule has 0 bridgehead atoms. The molecule has 0 fully saturated rings. The molecule has 94 valence electrons. The van der Waals surface area contributed by atoms with Crippen molar-refractivity contribution < 1.29 is 10.0 Å². The van der Waals surface area contributed by atoms with Gasteiger partial charge in [-0.25, -0.2) is 4.98 Å². The summed E-state index contributed by atoms with van der Waals surface area (Å²) in [4.78, 5) is 14.2. The molecule has 17 heavy (non-hydrogen) atoms. The highest BCUT2D eigenvalue weighted by atomic mass is 35.5. The van der Waals surface area contributed by atoms with Gasteiger partial charge in [-0.2, -0.15) is 0 Å². The van der Waals surface area contributed by atoms with E-state index in [4.69, 9.17) is 16.7 Å². The maximum absolute atomic E-state index is 10.8. The predicted octanol–water partition coefficient (Wildman–Crippen LogP) is 2.22. The first-order valence-electron chi connectivity index (χ1n) is 5.22. The smallest absolute Gasteiger partial charge is 0.312 e.